The third-order valence-corrected chi connectivity index (χ3v) is 4.03. The summed E-state index contributed by atoms with van der Waals surface area (Å²) in [6.45, 7) is 1.88. The lowest BCUT2D eigenvalue weighted by Crippen LogP contribution is -2.20. The molecule has 28 heavy (non-hydrogen) atoms. The predicted octanol–water partition coefficient (Wildman–Crippen LogP) is 3.19. The second-order valence-electron chi connectivity index (χ2n) is 5.91. The molecular weight excluding hydrogens is 386 g/mol. The number of carboxylic acid groups (broad SMARTS) is 2. The number of likely N-dealkylation sites (N-methyl/N-ethyl adjacent to an activating group) is 1. The molecule has 2 aromatic rings. The molecule has 2 N–H and O–H groups in total. The topological polar surface area (TPSA) is 96.3 Å². The molecule has 0 amide bonds. The van der Waals surface area contributed by atoms with E-state index in [0.29, 0.717) is 0 Å². The molecule has 7 nitrogen and oxygen atoms in total. The monoisotopic (exact) mass is 409 g/mol. The molecule has 0 aliphatic heterocycles. The number of hydrogen-bond acceptors (Lipinski definition) is 5. The van der Waals surface area contributed by atoms with Gasteiger partial charge in [0.15, 0.2) is 11.5 Å². The summed E-state index contributed by atoms with van der Waals surface area (Å²) in [7, 11) is 5.43. The number of carbonyl (C=O) groups is 2. The highest BCUT2D eigenvalue weighted by molar-refractivity contribution is 6.30. The summed E-state index contributed by atoms with van der Waals surface area (Å²) in [5.74, 6) is -2.11. The zero-order valence-electron chi connectivity index (χ0n) is 16.0. The molecule has 2 rings (SSSR count). The average molecular weight is 410 g/mol. The molecule has 0 atom stereocenters. The van der Waals surface area contributed by atoms with E-state index >= 15 is 0 Å². The van der Waals surface area contributed by atoms with Gasteiger partial charge in [0.1, 0.15) is 0 Å². The van der Waals surface area contributed by atoms with Crippen LogP contribution in [0.15, 0.2) is 42.5 Å². The van der Waals surface area contributed by atoms with Gasteiger partial charge in [-0.2, -0.15) is 0 Å². The van der Waals surface area contributed by atoms with Crippen LogP contribution >= 0.6 is 11.6 Å². The molecule has 0 spiro atoms. The van der Waals surface area contributed by atoms with Gasteiger partial charge in [-0.3, -0.25) is 0 Å². The molecule has 0 bridgehead atoms. The van der Waals surface area contributed by atoms with Crippen molar-refractivity contribution >= 4 is 23.5 Å². The zero-order valence-corrected chi connectivity index (χ0v) is 16.8. The lowest BCUT2D eigenvalue weighted by Gasteiger charge is -2.17. The van der Waals surface area contributed by atoms with Crippen molar-refractivity contribution < 1.29 is 29.3 Å². The van der Waals surface area contributed by atoms with Gasteiger partial charge < -0.3 is 24.6 Å². The van der Waals surface area contributed by atoms with Crippen LogP contribution in [0.4, 0.5) is 0 Å². The minimum absolute atomic E-state index is 0.765. The normalized spacial score (nSPS) is 10.0. The van der Waals surface area contributed by atoms with Gasteiger partial charge >= 0.3 is 11.9 Å². The fourth-order valence-corrected chi connectivity index (χ4v) is 2.46. The predicted molar refractivity (Wildman–Crippen MR) is 106 cm³/mol. The second-order valence-corrected chi connectivity index (χ2v) is 6.35. The first-order chi connectivity index (χ1) is 13.3. The molecule has 0 aromatic heterocycles. The number of ether oxygens (including phenoxy) is 2. The van der Waals surface area contributed by atoms with Crippen molar-refractivity contribution in [2.24, 2.45) is 0 Å². The van der Waals surface area contributed by atoms with Crippen LogP contribution in [0.25, 0.3) is 0 Å². The van der Waals surface area contributed by atoms with Crippen LogP contribution in [-0.4, -0.2) is 54.9 Å². The Labute approximate surface area is 169 Å². The van der Waals surface area contributed by atoms with E-state index in [1.54, 1.807) is 14.2 Å². The molecule has 0 saturated heterocycles. The minimum Gasteiger partial charge on any atom is -0.493 e. The Balaban J connectivity index is 0.000000568. The smallest absolute Gasteiger partial charge is 0.414 e. The van der Waals surface area contributed by atoms with Gasteiger partial charge in [0.05, 0.1) is 14.2 Å². The zero-order chi connectivity index (χ0) is 21.1. The molecule has 0 fully saturated rings. The Morgan fingerprint density at radius 2 is 1.46 bits per heavy atom. The summed E-state index contributed by atoms with van der Waals surface area (Å²) in [6.07, 6.45) is 0.963. The summed E-state index contributed by atoms with van der Waals surface area (Å²) >= 11 is 5.91. The van der Waals surface area contributed by atoms with E-state index in [4.69, 9.17) is 40.9 Å². The Morgan fingerprint density at radius 1 is 0.929 bits per heavy atom. The number of rotatable bonds is 7. The van der Waals surface area contributed by atoms with E-state index in [1.807, 2.05) is 24.3 Å². The van der Waals surface area contributed by atoms with Crippen molar-refractivity contribution in [1.82, 2.24) is 4.90 Å². The van der Waals surface area contributed by atoms with E-state index in [-0.39, 0.29) is 0 Å². The van der Waals surface area contributed by atoms with Crippen LogP contribution < -0.4 is 9.47 Å². The third-order valence-electron chi connectivity index (χ3n) is 3.78. The van der Waals surface area contributed by atoms with Crippen LogP contribution in [0.5, 0.6) is 11.5 Å². The van der Waals surface area contributed by atoms with Gasteiger partial charge in [-0.1, -0.05) is 29.8 Å². The number of aliphatic carboxylic acids is 2. The van der Waals surface area contributed by atoms with Gasteiger partial charge in [-0.05, 0) is 48.9 Å². The Kier molecular flexibility index (Phi) is 9.84. The molecule has 152 valence electrons. The highest BCUT2D eigenvalue weighted by Crippen LogP contribution is 2.27. The standard InChI is InChI=1S/C18H22ClNO2.C2H2O4/c1-20(13-15-4-7-16(19)8-5-15)11-10-14-6-9-17(21-2)18(12-14)22-3;3-1(4)2(5)6/h4-9,12H,10-11,13H2,1-3H3;(H,3,4)(H,5,6). The summed E-state index contributed by atoms with van der Waals surface area (Å²) in [4.78, 5) is 20.5. The quantitative estimate of drug-likeness (QED) is 0.678. The molecule has 0 aliphatic rings. The maximum Gasteiger partial charge on any atom is 0.414 e. The highest BCUT2D eigenvalue weighted by Gasteiger charge is 2.06. The summed E-state index contributed by atoms with van der Waals surface area (Å²) in [6, 6.07) is 14.1. The largest absolute Gasteiger partial charge is 0.493 e. The molecule has 0 heterocycles. The number of methoxy groups -OCH3 is 2. The second kappa shape index (κ2) is 11.8. The highest BCUT2D eigenvalue weighted by atomic mass is 35.5. The number of carboxylic acids is 2. The molecule has 8 heteroatoms. The van der Waals surface area contributed by atoms with Crippen molar-refractivity contribution in [2.75, 3.05) is 27.8 Å². The number of halogens is 1. The SMILES string of the molecule is COc1ccc(CCN(C)Cc2ccc(Cl)cc2)cc1OC.O=C(O)C(=O)O. The average Bonchev–Trinajstić information content (AvgIpc) is 2.68. The molecule has 0 aliphatic carbocycles. The van der Waals surface area contributed by atoms with Crippen molar-refractivity contribution in [3.05, 3.63) is 58.6 Å². The maximum atomic E-state index is 9.10. The van der Waals surface area contributed by atoms with Crippen molar-refractivity contribution in [3.8, 4) is 11.5 Å². The molecular formula is C20H24ClNO6. The lowest BCUT2D eigenvalue weighted by molar-refractivity contribution is -0.159. The van der Waals surface area contributed by atoms with Gasteiger partial charge in [-0.15, -0.1) is 0 Å². The van der Waals surface area contributed by atoms with Gasteiger partial charge in [-0.25, -0.2) is 9.59 Å². The third kappa shape index (κ3) is 8.28. The Hall–Kier alpha value is -2.77. The van der Waals surface area contributed by atoms with Crippen LogP contribution in [0.2, 0.25) is 5.02 Å². The summed E-state index contributed by atoms with van der Waals surface area (Å²) in [5.41, 5.74) is 2.50. The van der Waals surface area contributed by atoms with Crippen molar-refractivity contribution in [2.45, 2.75) is 13.0 Å². The van der Waals surface area contributed by atoms with E-state index in [2.05, 4.69) is 30.1 Å². The minimum atomic E-state index is -1.82. The first-order valence-corrected chi connectivity index (χ1v) is 8.74. The molecule has 0 saturated carbocycles. The summed E-state index contributed by atoms with van der Waals surface area (Å²) in [5, 5.41) is 15.6. The van der Waals surface area contributed by atoms with Crippen molar-refractivity contribution in [3.63, 3.8) is 0 Å². The maximum absolute atomic E-state index is 9.10. The van der Waals surface area contributed by atoms with E-state index in [9.17, 15) is 0 Å². The van der Waals surface area contributed by atoms with Crippen LogP contribution in [-0.2, 0) is 22.6 Å². The van der Waals surface area contributed by atoms with Crippen LogP contribution in [0.3, 0.4) is 0 Å². The fourth-order valence-electron chi connectivity index (χ4n) is 2.34. The van der Waals surface area contributed by atoms with Gasteiger partial charge in [0.25, 0.3) is 0 Å². The lowest BCUT2D eigenvalue weighted by atomic mass is 10.1. The molecule has 0 unspecified atom stereocenters. The molecule has 2 aromatic carbocycles. The van der Waals surface area contributed by atoms with Crippen molar-refractivity contribution in [1.29, 1.82) is 0 Å². The number of nitrogens with zero attached hydrogens (tertiary/aromatic N) is 1. The molecule has 0 radical (unpaired) electrons. The van der Waals surface area contributed by atoms with E-state index in [1.165, 1.54) is 11.1 Å². The Morgan fingerprint density at radius 3 is 1.96 bits per heavy atom. The van der Waals surface area contributed by atoms with Crippen LogP contribution in [0.1, 0.15) is 11.1 Å². The number of benzene rings is 2. The van der Waals surface area contributed by atoms with Crippen LogP contribution in [0, 0.1) is 0 Å². The van der Waals surface area contributed by atoms with Gasteiger partial charge in [0, 0.05) is 18.1 Å². The fraction of sp³-hybridized carbons (Fsp3) is 0.300. The van der Waals surface area contributed by atoms with Gasteiger partial charge in [0.2, 0.25) is 0 Å². The summed E-state index contributed by atoms with van der Waals surface area (Å²) < 4.78 is 10.6. The number of hydrogen-bond donors (Lipinski definition) is 2. The Bertz CT molecular complexity index is 767. The van der Waals surface area contributed by atoms with E-state index in [0.717, 1.165) is 36.0 Å². The van der Waals surface area contributed by atoms with E-state index < -0.39 is 11.9 Å². The first kappa shape index (κ1) is 23.3. The first-order valence-electron chi connectivity index (χ1n) is 8.37.